The molecule has 0 atom stereocenters. The first kappa shape index (κ1) is 22.2. The average molecular weight is 364 g/mol. The fraction of sp³-hybridized carbons (Fsp3) is 0.619. The summed E-state index contributed by atoms with van der Waals surface area (Å²) in [6, 6.07) is 3.63. The minimum Gasteiger partial charge on any atom is -0.427 e. The predicted molar refractivity (Wildman–Crippen MR) is 106 cm³/mol. The van der Waals surface area contributed by atoms with Crippen LogP contribution in [0.15, 0.2) is 12.1 Å². The van der Waals surface area contributed by atoms with E-state index in [0.29, 0.717) is 18.7 Å². The first-order valence-corrected chi connectivity index (χ1v) is 9.77. The Morgan fingerprint density at radius 1 is 1.00 bits per heavy atom. The molecule has 0 aliphatic carbocycles. The van der Waals surface area contributed by atoms with E-state index in [2.05, 4.69) is 26.1 Å². The summed E-state index contributed by atoms with van der Waals surface area (Å²) in [5, 5.41) is 3.06. The molecule has 5 nitrogen and oxygen atoms in total. The molecule has 0 radical (unpaired) electrons. The van der Waals surface area contributed by atoms with Gasteiger partial charge in [-0.15, -0.1) is 0 Å². The van der Waals surface area contributed by atoms with Gasteiger partial charge in [0.2, 0.25) is 0 Å². The van der Waals surface area contributed by atoms with Gasteiger partial charge in [0.25, 0.3) is 5.91 Å². The number of carbonyl (C=O) groups excluding carboxylic acids is 2. The fourth-order valence-corrected chi connectivity index (χ4v) is 3.17. The lowest BCUT2D eigenvalue weighted by Gasteiger charge is -2.35. The van der Waals surface area contributed by atoms with Crippen LogP contribution in [0.2, 0.25) is 0 Å². The molecule has 1 rings (SSSR count). The third kappa shape index (κ3) is 6.13. The number of nitrogens with one attached hydrogen (secondary N) is 1. The Kier molecular flexibility index (Phi) is 8.79. The summed E-state index contributed by atoms with van der Waals surface area (Å²) in [5.74, 6) is 0.354. The first-order chi connectivity index (χ1) is 12.3. The predicted octanol–water partition coefficient (Wildman–Crippen LogP) is 4.21. The van der Waals surface area contributed by atoms with Crippen molar-refractivity contribution < 1.29 is 18.8 Å². The summed E-state index contributed by atoms with van der Waals surface area (Å²) in [6.45, 7) is 15.5. The highest BCUT2D eigenvalue weighted by Crippen LogP contribution is 2.27. The monoisotopic (exact) mass is 363 g/mol. The summed E-state index contributed by atoms with van der Waals surface area (Å²) in [4.78, 5) is 24.4. The van der Waals surface area contributed by atoms with E-state index in [1.54, 1.807) is 0 Å². The van der Waals surface area contributed by atoms with E-state index in [9.17, 15) is 9.59 Å². The van der Waals surface area contributed by atoms with Crippen molar-refractivity contribution in [1.82, 2.24) is 0 Å². The van der Waals surface area contributed by atoms with Crippen molar-refractivity contribution in [3.63, 3.8) is 0 Å². The third-order valence-electron chi connectivity index (χ3n) is 5.23. The minimum atomic E-state index is -0.210. The van der Waals surface area contributed by atoms with Crippen molar-refractivity contribution in [2.24, 2.45) is 0 Å². The van der Waals surface area contributed by atoms with Crippen LogP contribution in [-0.4, -0.2) is 42.5 Å². The van der Waals surface area contributed by atoms with Gasteiger partial charge in [-0.1, -0.05) is 13.3 Å². The Bertz CT molecular complexity index is 590. The van der Waals surface area contributed by atoms with Gasteiger partial charge < -0.3 is 14.5 Å². The quantitative estimate of drug-likeness (QED) is 0.385. The number of nitrogens with zero attached hydrogens (tertiary/aromatic N) is 1. The van der Waals surface area contributed by atoms with E-state index in [-0.39, 0.29) is 11.9 Å². The Morgan fingerprint density at radius 3 is 2.00 bits per heavy atom. The Balaban J connectivity index is 2.85. The number of aryl methyl sites for hydroxylation is 2. The normalized spacial score (nSPS) is 11.3. The van der Waals surface area contributed by atoms with E-state index in [1.165, 1.54) is 0 Å². The van der Waals surface area contributed by atoms with E-state index in [4.69, 9.17) is 4.74 Å². The molecule has 1 N–H and O–H groups in total. The molecule has 0 unspecified atom stereocenters. The van der Waals surface area contributed by atoms with Gasteiger partial charge >= 0.3 is 5.97 Å². The number of ether oxygens (including phenoxy) is 1. The summed E-state index contributed by atoms with van der Waals surface area (Å²) in [5.41, 5.74) is 2.61. The zero-order chi connectivity index (χ0) is 19.7. The number of quaternary nitrogens is 1. The molecule has 1 aromatic rings. The van der Waals surface area contributed by atoms with Gasteiger partial charge in [-0.3, -0.25) is 9.59 Å². The van der Waals surface area contributed by atoms with Gasteiger partial charge in [-0.05, 0) is 64.3 Å². The summed E-state index contributed by atoms with van der Waals surface area (Å²) < 4.78 is 6.19. The number of unbranched alkanes of at least 4 members (excludes halogenated alkanes) is 1. The van der Waals surface area contributed by atoms with Crippen LogP contribution in [0.3, 0.4) is 0 Å². The van der Waals surface area contributed by atoms with Crippen LogP contribution in [0.4, 0.5) is 5.69 Å². The maximum Gasteiger partial charge on any atom is 0.311 e. The maximum atomic E-state index is 12.6. The van der Waals surface area contributed by atoms with Gasteiger partial charge in [0.15, 0.2) is 6.54 Å². The van der Waals surface area contributed by atoms with E-state index < -0.39 is 0 Å². The molecular weight excluding hydrogens is 328 g/mol. The molecule has 0 aromatic heterocycles. The maximum absolute atomic E-state index is 12.6. The van der Waals surface area contributed by atoms with E-state index in [1.807, 2.05) is 32.9 Å². The Hall–Kier alpha value is -1.88. The minimum absolute atomic E-state index is 0.0226. The van der Waals surface area contributed by atoms with Crippen LogP contribution in [0.25, 0.3) is 0 Å². The van der Waals surface area contributed by atoms with Gasteiger partial charge in [0, 0.05) is 12.1 Å². The molecule has 26 heavy (non-hydrogen) atoms. The van der Waals surface area contributed by atoms with Crippen molar-refractivity contribution in [3.8, 4) is 5.75 Å². The zero-order valence-electron chi connectivity index (χ0n) is 17.3. The first-order valence-electron chi connectivity index (χ1n) is 9.77. The van der Waals surface area contributed by atoms with Crippen molar-refractivity contribution in [2.75, 3.05) is 31.5 Å². The summed E-state index contributed by atoms with van der Waals surface area (Å²) in [7, 11) is 0. The lowest BCUT2D eigenvalue weighted by atomic mass is 10.1. The number of amides is 1. The molecule has 0 aliphatic heterocycles. The molecule has 5 heteroatoms. The highest BCUT2D eigenvalue weighted by Gasteiger charge is 2.25. The molecule has 0 spiro atoms. The lowest BCUT2D eigenvalue weighted by Crippen LogP contribution is -2.52. The van der Waals surface area contributed by atoms with Crippen LogP contribution >= 0.6 is 0 Å². The van der Waals surface area contributed by atoms with Gasteiger partial charge in [0.05, 0.1) is 19.6 Å². The molecule has 0 saturated carbocycles. The molecule has 0 fully saturated rings. The fourth-order valence-electron chi connectivity index (χ4n) is 3.17. The van der Waals surface area contributed by atoms with Crippen molar-refractivity contribution >= 4 is 17.6 Å². The lowest BCUT2D eigenvalue weighted by molar-refractivity contribution is -0.915. The molecular formula is C21H35N2O3+. The van der Waals surface area contributed by atoms with Crippen LogP contribution < -0.4 is 10.1 Å². The van der Waals surface area contributed by atoms with Gasteiger partial charge in [-0.25, -0.2) is 0 Å². The number of benzene rings is 1. The number of rotatable bonds is 10. The third-order valence-corrected chi connectivity index (χ3v) is 5.23. The second-order valence-corrected chi connectivity index (χ2v) is 7.01. The topological polar surface area (TPSA) is 55.4 Å². The molecule has 1 amide bonds. The molecule has 146 valence electrons. The average Bonchev–Trinajstić information content (AvgIpc) is 2.61. The molecule has 0 aliphatic rings. The van der Waals surface area contributed by atoms with Crippen molar-refractivity contribution in [1.29, 1.82) is 0 Å². The highest BCUT2D eigenvalue weighted by atomic mass is 16.5. The van der Waals surface area contributed by atoms with Crippen molar-refractivity contribution in [2.45, 2.75) is 60.8 Å². The number of esters is 1. The van der Waals surface area contributed by atoms with Crippen LogP contribution in [0, 0.1) is 13.8 Å². The van der Waals surface area contributed by atoms with E-state index in [0.717, 1.165) is 53.8 Å². The number of likely N-dealkylation sites (N-methyl/N-ethyl adjacent to an activating group) is 1. The summed E-state index contributed by atoms with van der Waals surface area (Å²) in [6.07, 6.45) is 2.22. The molecule has 0 saturated heterocycles. The SMILES string of the molecule is CCCCC(=O)Oc1cc(C)c(NC(=O)C[N+](CC)(CC)CC)c(C)c1. The number of hydrogen-bond donors (Lipinski definition) is 1. The second-order valence-electron chi connectivity index (χ2n) is 7.01. The Morgan fingerprint density at radius 2 is 1.54 bits per heavy atom. The molecule has 0 bridgehead atoms. The Labute approximate surface area is 158 Å². The number of hydrogen-bond acceptors (Lipinski definition) is 3. The number of anilines is 1. The standard InChI is InChI=1S/C21H34N2O3/c1-7-11-12-20(25)26-18-13-16(5)21(17(6)14-18)22-19(24)15-23(8-2,9-3)10-4/h13-14H,7-12,15H2,1-6H3/p+1. The number of carbonyl (C=O) groups is 2. The molecule has 0 heterocycles. The second kappa shape index (κ2) is 10.3. The largest absolute Gasteiger partial charge is 0.427 e. The zero-order valence-corrected chi connectivity index (χ0v) is 17.3. The van der Waals surface area contributed by atoms with Crippen LogP contribution in [-0.2, 0) is 9.59 Å². The van der Waals surface area contributed by atoms with Gasteiger partial charge in [0.1, 0.15) is 5.75 Å². The van der Waals surface area contributed by atoms with Crippen LogP contribution in [0.5, 0.6) is 5.75 Å². The summed E-state index contributed by atoms with van der Waals surface area (Å²) >= 11 is 0. The van der Waals surface area contributed by atoms with Crippen molar-refractivity contribution in [3.05, 3.63) is 23.3 Å². The molecule has 1 aromatic carbocycles. The highest BCUT2D eigenvalue weighted by molar-refractivity contribution is 5.93. The van der Waals surface area contributed by atoms with E-state index >= 15 is 0 Å². The van der Waals surface area contributed by atoms with Gasteiger partial charge in [-0.2, -0.15) is 0 Å². The smallest absolute Gasteiger partial charge is 0.311 e. The van der Waals surface area contributed by atoms with Crippen LogP contribution in [0.1, 0.15) is 58.1 Å².